The van der Waals surface area contributed by atoms with E-state index >= 15 is 0 Å². The number of nitrogens with zero attached hydrogens (tertiary/aromatic N) is 1. The summed E-state index contributed by atoms with van der Waals surface area (Å²) in [5.41, 5.74) is 2.34. The van der Waals surface area contributed by atoms with Crippen molar-refractivity contribution in [2.24, 2.45) is 0 Å². The lowest BCUT2D eigenvalue weighted by atomic mass is 9.89. The van der Waals surface area contributed by atoms with Crippen molar-refractivity contribution in [2.45, 2.75) is 12.8 Å². The highest BCUT2D eigenvalue weighted by molar-refractivity contribution is 6.38. The minimum absolute atomic E-state index is 0.568. The van der Waals surface area contributed by atoms with E-state index in [0.29, 0.717) is 16.3 Å². The number of oxazole rings is 1. The molecule has 0 amide bonds. The van der Waals surface area contributed by atoms with Crippen molar-refractivity contribution in [1.82, 2.24) is 4.98 Å². The van der Waals surface area contributed by atoms with Gasteiger partial charge in [-0.25, -0.2) is 4.98 Å². The van der Waals surface area contributed by atoms with Gasteiger partial charge in [-0.05, 0) is 24.6 Å². The van der Waals surface area contributed by atoms with Crippen LogP contribution in [-0.4, -0.2) is 12.8 Å². The molecule has 3 radical (unpaired) electrons. The molecule has 0 bridgehead atoms. The first-order chi connectivity index (χ1) is 8.24. The Hall–Kier alpha value is -1.48. The minimum atomic E-state index is 0.568. The van der Waals surface area contributed by atoms with Gasteiger partial charge in [0.15, 0.2) is 0 Å². The Morgan fingerprint density at radius 3 is 3.00 bits per heavy atom. The molecule has 17 heavy (non-hydrogen) atoms. The van der Waals surface area contributed by atoms with Crippen LogP contribution in [0.4, 0.5) is 0 Å². The van der Waals surface area contributed by atoms with Crippen LogP contribution in [0, 0.1) is 0 Å². The minimum Gasteiger partial charge on any atom is -0.581 e. The van der Waals surface area contributed by atoms with Crippen molar-refractivity contribution in [2.75, 3.05) is 0 Å². The van der Waals surface area contributed by atoms with Crippen LogP contribution < -0.4 is 10.8 Å². The third-order valence-electron chi connectivity index (χ3n) is 2.77. The van der Waals surface area contributed by atoms with Gasteiger partial charge < -0.3 is 12.3 Å². The highest BCUT2D eigenvalue weighted by atomic mass is 35.5. The van der Waals surface area contributed by atoms with E-state index in [0.717, 1.165) is 29.2 Å². The average Bonchev–Trinajstić information content (AvgIpc) is 2.74. The van der Waals surface area contributed by atoms with E-state index < -0.39 is 0 Å². The van der Waals surface area contributed by atoms with Crippen LogP contribution in [0.1, 0.15) is 12.8 Å². The van der Waals surface area contributed by atoms with E-state index in [4.69, 9.17) is 23.9 Å². The molecule has 1 aliphatic carbocycles. The Balaban J connectivity index is 2.22. The largest absolute Gasteiger partial charge is 0.581 e. The number of fused-ring (bicyclic) bond motifs is 1. The molecule has 0 saturated carbocycles. The van der Waals surface area contributed by atoms with E-state index in [-0.39, 0.29) is 0 Å². The van der Waals surface area contributed by atoms with Gasteiger partial charge >= 0.3 is 0 Å². The maximum atomic E-state index is 5.94. The normalized spacial score (nSPS) is 14.4. The fraction of sp³-hybridized carbons (Fsp3) is 0.154. The summed E-state index contributed by atoms with van der Waals surface area (Å²) >= 11 is 5.94. The molecule has 2 nitrogen and oxygen atoms in total. The lowest BCUT2D eigenvalue weighted by Gasteiger charge is -2.12. The van der Waals surface area contributed by atoms with E-state index in [2.05, 4.69) is 4.98 Å². The zero-order valence-corrected chi connectivity index (χ0v) is 9.87. The molecule has 1 aromatic carbocycles. The van der Waals surface area contributed by atoms with Gasteiger partial charge in [-0.2, -0.15) is 0 Å². The van der Waals surface area contributed by atoms with Crippen molar-refractivity contribution in [3.8, 4) is 11.5 Å². The first-order valence-corrected chi connectivity index (χ1v) is 5.83. The van der Waals surface area contributed by atoms with Crippen molar-refractivity contribution in [1.29, 1.82) is 0 Å². The molecule has 0 fully saturated rings. The molecule has 0 unspecified atom stereocenters. The predicted molar refractivity (Wildman–Crippen MR) is 69.1 cm³/mol. The summed E-state index contributed by atoms with van der Waals surface area (Å²) in [7, 11) is 5.90. The quantitative estimate of drug-likeness (QED) is 0.712. The summed E-state index contributed by atoms with van der Waals surface area (Å²) in [5, 5.41) is 1.50. The van der Waals surface area contributed by atoms with Gasteiger partial charge in [-0.3, -0.25) is 5.47 Å². The Kier molecular flexibility index (Phi) is 2.56. The zero-order valence-electron chi connectivity index (χ0n) is 9.11. The van der Waals surface area contributed by atoms with Gasteiger partial charge in [0.25, 0.3) is 0 Å². The van der Waals surface area contributed by atoms with Gasteiger partial charge in [0.1, 0.15) is 10.8 Å². The van der Waals surface area contributed by atoms with Crippen LogP contribution in [0.5, 0.6) is 0 Å². The molecule has 0 aliphatic heterocycles. The van der Waals surface area contributed by atoms with Crippen molar-refractivity contribution in [3.63, 3.8) is 0 Å². The highest BCUT2D eigenvalue weighted by Gasteiger charge is 2.07. The van der Waals surface area contributed by atoms with Crippen LogP contribution >= 0.6 is 11.6 Å². The Morgan fingerprint density at radius 1 is 1.35 bits per heavy atom. The summed E-state index contributed by atoms with van der Waals surface area (Å²) in [5.74, 6) is 0.568. The van der Waals surface area contributed by atoms with E-state index in [1.54, 1.807) is 0 Å². The molecule has 1 aromatic heterocycles. The third kappa shape index (κ3) is 1.91. The van der Waals surface area contributed by atoms with Crippen molar-refractivity contribution in [3.05, 3.63) is 40.1 Å². The predicted octanol–water partition coefficient (Wildman–Crippen LogP) is 1.85. The molecule has 1 aliphatic rings. The molecular formula is C13H9BClNO-. The van der Waals surface area contributed by atoms with E-state index in [1.165, 1.54) is 0 Å². The number of halogens is 1. The average molecular weight is 241 g/mol. The number of aromatic nitrogens is 1. The van der Waals surface area contributed by atoms with Gasteiger partial charge in [0.2, 0.25) is 5.89 Å². The Morgan fingerprint density at radius 2 is 2.24 bits per heavy atom. The molecule has 0 spiro atoms. The summed E-state index contributed by atoms with van der Waals surface area (Å²) in [4.78, 5) is 4.43. The number of benzene rings is 1. The molecule has 83 valence electrons. The van der Waals surface area contributed by atoms with Crippen molar-refractivity contribution < 1.29 is 4.42 Å². The lowest BCUT2D eigenvalue weighted by molar-refractivity contribution is 0.536. The topological polar surface area (TPSA) is 26.0 Å². The molecule has 0 saturated heterocycles. The summed E-state index contributed by atoms with van der Waals surface area (Å²) in [6.45, 7) is 0. The first kappa shape index (κ1) is 10.7. The van der Waals surface area contributed by atoms with Gasteiger partial charge in [-0.15, -0.1) is 0 Å². The third-order valence-corrected chi connectivity index (χ3v) is 3.00. The number of hydrogen-bond donors (Lipinski definition) is 0. The fourth-order valence-corrected chi connectivity index (χ4v) is 2.11. The van der Waals surface area contributed by atoms with E-state index in [9.17, 15) is 0 Å². The number of hydrogen-bond acceptors (Lipinski definition) is 2. The smallest absolute Gasteiger partial charge is 0.227 e. The van der Waals surface area contributed by atoms with Gasteiger partial charge in [0, 0.05) is 10.6 Å². The second kappa shape index (κ2) is 4.08. The Bertz CT molecular complexity index is 690. The highest BCUT2D eigenvalue weighted by Crippen LogP contribution is 2.19. The monoisotopic (exact) mass is 241 g/mol. The van der Waals surface area contributed by atoms with Crippen LogP contribution in [0.3, 0.4) is 0 Å². The first-order valence-electron chi connectivity index (χ1n) is 5.45. The number of rotatable bonds is 1. The SMILES string of the molecule is [B-]C1=c2oc(-c3cccc(Cl)c3)nc2=CCC1. The van der Waals surface area contributed by atoms with Crippen LogP contribution in [-0.2, 0) is 0 Å². The molecule has 0 N–H and O–H groups in total. The molecule has 0 atom stereocenters. The molecule has 2 aromatic rings. The zero-order chi connectivity index (χ0) is 11.8. The molecule has 4 heteroatoms. The van der Waals surface area contributed by atoms with Crippen LogP contribution in [0.2, 0.25) is 5.02 Å². The second-order valence-electron chi connectivity index (χ2n) is 4.01. The molecule has 3 rings (SSSR count). The van der Waals surface area contributed by atoms with Crippen LogP contribution in [0.25, 0.3) is 23.0 Å². The van der Waals surface area contributed by atoms with Crippen LogP contribution in [0.15, 0.2) is 28.7 Å². The van der Waals surface area contributed by atoms with Crippen molar-refractivity contribution >= 4 is 31.0 Å². The fourth-order valence-electron chi connectivity index (χ4n) is 1.92. The maximum absolute atomic E-state index is 5.94. The standard InChI is InChI=1S/C13H9BClNO/c14-10-5-2-6-11-12(10)17-13(16-11)8-3-1-4-9(15)7-8/h1,3-4,6-7H,2,5H2/q-1. The summed E-state index contributed by atoms with van der Waals surface area (Å²) in [6.07, 6.45) is 3.79. The maximum Gasteiger partial charge on any atom is 0.227 e. The lowest BCUT2D eigenvalue weighted by Crippen LogP contribution is -2.27. The van der Waals surface area contributed by atoms with Gasteiger partial charge in [-0.1, -0.05) is 30.2 Å². The van der Waals surface area contributed by atoms with Gasteiger partial charge in [0.05, 0.1) is 0 Å². The summed E-state index contributed by atoms with van der Waals surface area (Å²) < 4.78 is 5.70. The second-order valence-corrected chi connectivity index (χ2v) is 4.45. The van der Waals surface area contributed by atoms with E-state index in [1.807, 2.05) is 30.3 Å². The molecular weight excluding hydrogens is 232 g/mol. The summed E-state index contributed by atoms with van der Waals surface area (Å²) in [6, 6.07) is 7.44. The Labute approximate surface area is 105 Å². The molecule has 1 heterocycles.